The number of nitrogens with zero attached hydrogens (tertiary/aromatic N) is 2. The lowest BCUT2D eigenvalue weighted by atomic mass is 10.1. The normalized spacial score (nSPS) is 10.6. The molecule has 0 bridgehead atoms. The van der Waals surface area contributed by atoms with E-state index in [1.54, 1.807) is 42.5 Å². The van der Waals surface area contributed by atoms with Crippen molar-refractivity contribution >= 4 is 17.9 Å². The Morgan fingerprint density at radius 1 is 1.10 bits per heavy atom. The number of benzene rings is 2. The number of carbonyl (C=O) groups excluding carboxylic acids is 1. The van der Waals surface area contributed by atoms with Crippen LogP contribution < -0.4 is 0 Å². The van der Waals surface area contributed by atoms with Crippen molar-refractivity contribution in [2.24, 2.45) is 0 Å². The Hall–Kier alpha value is -2.46. The van der Waals surface area contributed by atoms with Gasteiger partial charge in [-0.1, -0.05) is 35.9 Å². The van der Waals surface area contributed by atoms with Crippen molar-refractivity contribution in [1.82, 2.24) is 9.78 Å². The predicted molar refractivity (Wildman–Crippen MR) is 79.4 cm³/mol. The Labute approximate surface area is 125 Å². The molecular weight excluding hydrogens is 291 g/mol. The van der Waals surface area contributed by atoms with Gasteiger partial charge in [-0.15, -0.1) is 0 Å². The van der Waals surface area contributed by atoms with Gasteiger partial charge < -0.3 is 0 Å². The standard InChI is InChI=1S/C16H10ClFN2O/c17-13-7-5-11(6-8-13)16-12(10-21)9-20(19-16)15-4-2-1-3-14(15)18/h1-10H. The highest BCUT2D eigenvalue weighted by Gasteiger charge is 2.13. The molecular formula is C16H10ClFN2O. The van der Waals surface area contributed by atoms with Crippen LogP contribution in [0, 0.1) is 5.82 Å². The van der Waals surface area contributed by atoms with Crippen molar-refractivity contribution in [2.45, 2.75) is 0 Å². The second kappa shape index (κ2) is 5.50. The molecule has 2 aromatic carbocycles. The zero-order chi connectivity index (χ0) is 14.8. The smallest absolute Gasteiger partial charge is 0.153 e. The largest absolute Gasteiger partial charge is 0.298 e. The first-order valence-corrected chi connectivity index (χ1v) is 6.62. The van der Waals surface area contributed by atoms with Crippen LogP contribution in [0.1, 0.15) is 10.4 Å². The number of rotatable bonds is 3. The molecule has 1 heterocycles. The molecule has 21 heavy (non-hydrogen) atoms. The summed E-state index contributed by atoms with van der Waals surface area (Å²) in [6, 6.07) is 13.2. The monoisotopic (exact) mass is 300 g/mol. The van der Waals surface area contributed by atoms with E-state index in [4.69, 9.17) is 11.6 Å². The minimum absolute atomic E-state index is 0.292. The SMILES string of the molecule is O=Cc1cn(-c2ccccc2F)nc1-c1ccc(Cl)cc1. The van der Waals surface area contributed by atoms with Crippen LogP contribution in [0.4, 0.5) is 4.39 Å². The molecule has 0 amide bonds. The van der Waals surface area contributed by atoms with E-state index in [0.29, 0.717) is 28.3 Å². The average Bonchev–Trinajstić information content (AvgIpc) is 2.92. The zero-order valence-corrected chi connectivity index (χ0v) is 11.6. The highest BCUT2D eigenvalue weighted by molar-refractivity contribution is 6.30. The Bertz CT molecular complexity index is 796. The van der Waals surface area contributed by atoms with E-state index in [2.05, 4.69) is 5.10 Å². The maximum absolute atomic E-state index is 13.8. The quantitative estimate of drug-likeness (QED) is 0.681. The summed E-state index contributed by atoms with van der Waals surface area (Å²) in [6.07, 6.45) is 2.21. The van der Waals surface area contributed by atoms with Gasteiger partial charge in [-0.3, -0.25) is 4.79 Å². The van der Waals surface area contributed by atoms with Crippen LogP contribution in [-0.2, 0) is 0 Å². The molecule has 0 aliphatic carbocycles. The lowest BCUT2D eigenvalue weighted by Crippen LogP contribution is -1.97. The van der Waals surface area contributed by atoms with Crippen molar-refractivity contribution in [3.63, 3.8) is 0 Å². The van der Waals surface area contributed by atoms with Gasteiger partial charge in [0.15, 0.2) is 6.29 Å². The average molecular weight is 301 g/mol. The molecule has 0 atom stereocenters. The first kappa shape index (κ1) is 13.5. The highest BCUT2D eigenvalue weighted by atomic mass is 35.5. The Morgan fingerprint density at radius 3 is 2.48 bits per heavy atom. The van der Waals surface area contributed by atoms with Gasteiger partial charge in [-0.05, 0) is 24.3 Å². The molecule has 0 fully saturated rings. The molecule has 0 spiro atoms. The Morgan fingerprint density at radius 2 is 1.81 bits per heavy atom. The zero-order valence-electron chi connectivity index (χ0n) is 10.8. The molecule has 5 heteroatoms. The van der Waals surface area contributed by atoms with Crippen molar-refractivity contribution < 1.29 is 9.18 Å². The second-order valence-corrected chi connectivity index (χ2v) is 4.89. The van der Waals surface area contributed by atoms with Crippen LogP contribution in [0.25, 0.3) is 16.9 Å². The molecule has 3 nitrogen and oxygen atoms in total. The molecule has 0 saturated heterocycles. The molecule has 0 aliphatic heterocycles. The van der Waals surface area contributed by atoms with Crippen molar-refractivity contribution in [1.29, 1.82) is 0 Å². The van der Waals surface area contributed by atoms with Gasteiger partial charge in [-0.25, -0.2) is 9.07 Å². The van der Waals surface area contributed by atoms with Gasteiger partial charge in [0, 0.05) is 16.8 Å². The van der Waals surface area contributed by atoms with E-state index in [0.717, 1.165) is 5.56 Å². The summed E-state index contributed by atoms with van der Waals surface area (Å²) in [4.78, 5) is 11.2. The maximum Gasteiger partial charge on any atom is 0.153 e. The Balaban J connectivity index is 2.13. The summed E-state index contributed by atoms with van der Waals surface area (Å²) in [5.74, 6) is -0.403. The third kappa shape index (κ3) is 2.58. The summed E-state index contributed by atoms with van der Waals surface area (Å²) in [6.45, 7) is 0. The number of para-hydroxylation sites is 1. The fourth-order valence-corrected chi connectivity index (χ4v) is 2.19. The van der Waals surface area contributed by atoms with Gasteiger partial charge in [-0.2, -0.15) is 5.10 Å². The summed E-state index contributed by atoms with van der Waals surface area (Å²) in [5.41, 5.74) is 1.92. The summed E-state index contributed by atoms with van der Waals surface area (Å²) in [5, 5.41) is 4.91. The first-order chi connectivity index (χ1) is 10.2. The fourth-order valence-electron chi connectivity index (χ4n) is 2.07. The van der Waals surface area contributed by atoms with Gasteiger partial charge in [0.1, 0.15) is 17.2 Å². The molecule has 0 saturated carbocycles. The molecule has 0 N–H and O–H groups in total. The van der Waals surface area contributed by atoms with E-state index in [-0.39, 0.29) is 0 Å². The van der Waals surface area contributed by atoms with Gasteiger partial charge in [0.25, 0.3) is 0 Å². The third-order valence-electron chi connectivity index (χ3n) is 3.09. The number of hydrogen-bond donors (Lipinski definition) is 0. The van der Waals surface area contributed by atoms with Crippen LogP contribution in [0.3, 0.4) is 0 Å². The van der Waals surface area contributed by atoms with E-state index in [1.807, 2.05) is 0 Å². The van der Waals surface area contributed by atoms with Crippen LogP contribution in [0.2, 0.25) is 5.02 Å². The first-order valence-electron chi connectivity index (χ1n) is 6.25. The van der Waals surface area contributed by atoms with Crippen molar-refractivity contribution in [3.8, 4) is 16.9 Å². The van der Waals surface area contributed by atoms with E-state index in [9.17, 15) is 9.18 Å². The van der Waals surface area contributed by atoms with E-state index in [1.165, 1.54) is 16.9 Å². The van der Waals surface area contributed by atoms with Crippen LogP contribution >= 0.6 is 11.6 Å². The Kier molecular flexibility index (Phi) is 3.54. The second-order valence-electron chi connectivity index (χ2n) is 4.45. The summed E-state index contributed by atoms with van der Waals surface area (Å²) >= 11 is 5.85. The summed E-state index contributed by atoms with van der Waals surface area (Å²) in [7, 11) is 0. The minimum atomic E-state index is -0.403. The fraction of sp³-hybridized carbons (Fsp3) is 0. The predicted octanol–water partition coefficient (Wildman–Crippen LogP) is 4.14. The van der Waals surface area contributed by atoms with Gasteiger partial charge in [0.05, 0.1) is 5.56 Å². The minimum Gasteiger partial charge on any atom is -0.298 e. The molecule has 0 radical (unpaired) electrons. The maximum atomic E-state index is 13.8. The van der Waals surface area contributed by atoms with Crippen LogP contribution in [0.5, 0.6) is 0 Å². The molecule has 3 rings (SSSR count). The van der Waals surface area contributed by atoms with Crippen LogP contribution in [0.15, 0.2) is 54.7 Å². The number of aldehydes is 1. The van der Waals surface area contributed by atoms with Crippen LogP contribution in [-0.4, -0.2) is 16.1 Å². The molecule has 0 unspecified atom stereocenters. The van der Waals surface area contributed by atoms with Gasteiger partial charge in [0.2, 0.25) is 0 Å². The van der Waals surface area contributed by atoms with Crippen molar-refractivity contribution in [3.05, 3.63) is 71.1 Å². The number of carbonyl (C=O) groups is 1. The summed E-state index contributed by atoms with van der Waals surface area (Å²) < 4.78 is 15.2. The number of aromatic nitrogens is 2. The van der Waals surface area contributed by atoms with Gasteiger partial charge >= 0.3 is 0 Å². The lowest BCUT2D eigenvalue weighted by molar-refractivity contribution is 0.112. The molecule has 1 aromatic heterocycles. The van der Waals surface area contributed by atoms with Crippen molar-refractivity contribution in [2.75, 3.05) is 0 Å². The number of halogens is 2. The molecule has 0 aliphatic rings. The lowest BCUT2D eigenvalue weighted by Gasteiger charge is -2.02. The van der Waals surface area contributed by atoms with E-state index >= 15 is 0 Å². The number of hydrogen-bond acceptors (Lipinski definition) is 2. The highest BCUT2D eigenvalue weighted by Crippen LogP contribution is 2.24. The molecule has 3 aromatic rings. The topological polar surface area (TPSA) is 34.9 Å². The van der Waals surface area contributed by atoms with E-state index < -0.39 is 5.82 Å². The third-order valence-corrected chi connectivity index (χ3v) is 3.34. The molecule has 104 valence electrons.